The summed E-state index contributed by atoms with van der Waals surface area (Å²) < 4.78 is 0. The highest BCUT2D eigenvalue weighted by atomic mass is 32.2. The first kappa shape index (κ1) is 10.8. The maximum Gasteiger partial charge on any atom is 0.0412 e. The second-order valence-corrected chi connectivity index (χ2v) is 4.95. The van der Waals surface area contributed by atoms with E-state index in [0.717, 1.165) is 6.42 Å². The molecule has 0 aliphatic heterocycles. The standard InChI is InChI=1S/C12H18N2S/c1-15-10-7-5-9(6-8-10)14-12-4-2-3-11(12)13/h5-8,11-12,14H,2-4,13H2,1H3. The van der Waals surface area contributed by atoms with Gasteiger partial charge in [0.05, 0.1) is 0 Å². The van der Waals surface area contributed by atoms with Gasteiger partial charge < -0.3 is 11.1 Å². The molecule has 1 aliphatic rings. The second-order valence-electron chi connectivity index (χ2n) is 4.07. The Kier molecular flexibility index (Phi) is 3.54. The van der Waals surface area contributed by atoms with Crippen molar-refractivity contribution in [3.8, 4) is 0 Å². The average molecular weight is 222 g/mol. The van der Waals surface area contributed by atoms with Gasteiger partial charge in [0.25, 0.3) is 0 Å². The molecule has 0 radical (unpaired) electrons. The predicted molar refractivity (Wildman–Crippen MR) is 67.5 cm³/mol. The number of thioether (sulfide) groups is 1. The number of nitrogens with one attached hydrogen (secondary N) is 1. The molecule has 0 heterocycles. The van der Waals surface area contributed by atoms with Gasteiger partial charge in [-0.25, -0.2) is 0 Å². The Morgan fingerprint density at radius 1 is 1.27 bits per heavy atom. The summed E-state index contributed by atoms with van der Waals surface area (Å²) in [6.45, 7) is 0. The molecule has 2 unspecified atom stereocenters. The highest BCUT2D eigenvalue weighted by molar-refractivity contribution is 7.98. The quantitative estimate of drug-likeness (QED) is 0.772. The van der Waals surface area contributed by atoms with Crippen molar-refractivity contribution in [2.24, 2.45) is 5.73 Å². The molecule has 3 heteroatoms. The summed E-state index contributed by atoms with van der Waals surface area (Å²) in [5.74, 6) is 0. The van der Waals surface area contributed by atoms with Crippen molar-refractivity contribution in [2.45, 2.75) is 36.2 Å². The van der Waals surface area contributed by atoms with Gasteiger partial charge in [-0.05, 0) is 49.8 Å². The van der Waals surface area contributed by atoms with Gasteiger partial charge in [-0.3, -0.25) is 0 Å². The summed E-state index contributed by atoms with van der Waals surface area (Å²) in [7, 11) is 0. The molecule has 15 heavy (non-hydrogen) atoms. The number of anilines is 1. The van der Waals surface area contributed by atoms with Crippen molar-refractivity contribution in [3.05, 3.63) is 24.3 Å². The van der Waals surface area contributed by atoms with E-state index in [2.05, 4.69) is 35.8 Å². The van der Waals surface area contributed by atoms with Crippen LogP contribution < -0.4 is 11.1 Å². The topological polar surface area (TPSA) is 38.0 Å². The molecular weight excluding hydrogens is 204 g/mol. The van der Waals surface area contributed by atoms with Gasteiger partial charge >= 0.3 is 0 Å². The maximum atomic E-state index is 6.02. The van der Waals surface area contributed by atoms with E-state index in [4.69, 9.17) is 5.73 Å². The summed E-state index contributed by atoms with van der Waals surface area (Å²) in [5, 5.41) is 3.51. The highest BCUT2D eigenvalue weighted by Crippen LogP contribution is 2.23. The molecule has 0 aromatic heterocycles. The fourth-order valence-electron chi connectivity index (χ4n) is 2.07. The number of hydrogen-bond donors (Lipinski definition) is 2. The Labute approximate surface area is 95.6 Å². The van der Waals surface area contributed by atoms with Gasteiger partial charge in [0, 0.05) is 22.7 Å². The Balaban J connectivity index is 1.98. The first-order valence-electron chi connectivity index (χ1n) is 5.46. The van der Waals surface area contributed by atoms with Crippen LogP contribution in [0.3, 0.4) is 0 Å². The average Bonchev–Trinajstić information content (AvgIpc) is 2.66. The normalized spacial score (nSPS) is 25.5. The number of nitrogens with two attached hydrogens (primary N) is 1. The molecule has 1 saturated carbocycles. The SMILES string of the molecule is CSc1ccc(NC2CCCC2N)cc1. The second kappa shape index (κ2) is 4.90. The van der Waals surface area contributed by atoms with Gasteiger partial charge in [-0.1, -0.05) is 0 Å². The molecule has 1 fully saturated rings. The van der Waals surface area contributed by atoms with E-state index in [1.165, 1.54) is 23.4 Å². The molecule has 0 amide bonds. The predicted octanol–water partition coefficient (Wildman–Crippen LogP) is 2.70. The van der Waals surface area contributed by atoms with Crippen LogP contribution in [0.2, 0.25) is 0 Å². The maximum absolute atomic E-state index is 6.02. The molecule has 82 valence electrons. The van der Waals surface area contributed by atoms with E-state index >= 15 is 0 Å². The third-order valence-corrected chi connectivity index (χ3v) is 3.76. The van der Waals surface area contributed by atoms with Crippen molar-refractivity contribution in [3.63, 3.8) is 0 Å². The van der Waals surface area contributed by atoms with Crippen molar-refractivity contribution in [1.82, 2.24) is 0 Å². The lowest BCUT2D eigenvalue weighted by Crippen LogP contribution is -2.35. The third kappa shape index (κ3) is 2.67. The lowest BCUT2D eigenvalue weighted by molar-refractivity contribution is 0.638. The van der Waals surface area contributed by atoms with Gasteiger partial charge in [0.2, 0.25) is 0 Å². The smallest absolute Gasteiger partial charge is 0.0412 e. The molecule has 0 saturated heterocycles. The lowest BCUT2D eigenvalue weighted by Gasteiger charge is -2.18. The van der Waals surface area contributed by atoms with Crippen LogP contribution in [0, 0.1) is 0 Å². The monoisotopic (exact) mass is 222 g/mol. The minimum absolute atomic E-state index is 0.324. The summed E-state index contributed by atoms with van der Waals surface area (Å²) in [6, 6.07) is 9.35. The van der Waals surface area contributed by atoms with Crippen LogP contribution in [0.1, 0.15) is 19.3 Å². The molecule has 2 atom stereocenters. The molecule has 1 aromatic carbocycles. The molecule has 2 rings (SSSR count). The zero-order chi connectivity index (χ0) is 10.7. The van der Waals surface area contributed by atoms with Gasteiger partial charge in [0.1, 0.15) is 0 Å². The highest BCUT2D eigenvalue weighted by Gasteiger charge is 2.23. The summed E-state index contributed by atoms with van der Waals surface area (Å²) in [4.78, 5) is 1.30. The molecule has 2 nitrogen and oxygen atoms in total. The van der Waals surface area contributed by atoms with Crippen LogP contribution in [0.15, 0.2) is 29.2 Å². The Bertz CT molecular complexity index is 310. The minimum Gasteiger partial charge on any atom is -0.381 e. The van der Waals surface area contributed by atoms with Crippen molar-refractivity contribution >= 4 is 17.4 Å². The van der Waals surface area contributed by atoms with Crippen LogP contribution in [0.25, 0.3) is 0 Å². The number of hydrogen-bond acceptors (Lipinski definition) is 3. The molecule has 0 bridgehead atoms. The van der Waals surface area contributed by atoms with E-state index in [1.807, 2.05) is 0 Å². The van der Waals surface area contributed by atoms with Crippen molar-refractivity contribution < 1.29 is 0 Å². The Morgan fingerprint density at radius 3 is 2.53 bits per heavy atom. The molecular formula is C12H18N2S. The first-order valence-corrected chi connectivity index (χ1v) is 6.68. The fraction of sp³-hybridized carbons (Fsp3) is 0.500. The van der Waals surface area contributed by atoms with Gasteiger partial charge in [-0.15, -0.1) is 11.8 Å². The third-order valence-electron chi connectivity index (χ3n) is 3.01. The Hall–Kier alpha value is -0.670. The molecule has 3 N–H and O–H groups in total. The number of rotatable bonds is 3. The molecule has 1 aliphatic carbocycles. The van der Waals surface area contributed by atoms with Crippen LogP contribution in [-0.4, -0.2) is 18.3 Å². The Morgan fingerprint density at radius 2 is 2.00 bits per heavy atom. The zero-order valence-corrected chi connectivity index (χ0v) is 9.89. The van der Waals surface area contributed by atoms with E-state index in [0.29, 0.717) is 12.1 Å². The number of benzene rings is 1. The van der Waals surface area contributed by atoms with Crippen LogP contribution in [-0.2, 0) is 0 Å². The van der Waals surface area contributed by atoms with E-state index < -0.39 is 0 Å². The largest absolute Gasteiger partial charge is 0.381 e. The molecule has 1 aromatic rings. The summed E-state index contributed by atoms with van der Waals surface area (Å²) >= 11 is 1.77. The van der Waals surface area contributed by atoms with E-state index in [1.54, 1.807) is 11.8 Å². The van der Waals surface area contributed by atoms with Crippen molar-refractivity contribution in [1.29, 1.82) is 0 Å². The van der Waals surface area contributed by atoms with Gasteiger partial charge in [0.15, 0.2) is 0 Å². The van der Waals surface area contributed by atoms with Gasteiger partial charge in [-0.2, -0.15) is 0 Å². The van der Waals surface area contributed by atoms with E-state index in [-0.39, 0.29) is 0 Å². The first-order chi connectivity index (χ1) is 7.29. The molecule has 0 spiro atoms. The minimum atomic E-state index is 0.324. The summed E-state index contributed by atoms with van der Waals surface area (Å²) in [5.41, 5.74) is 7.21. The van der Waals surface area contributed by atoms with Crippen LogP contribution in [0.5, 0.6) is 0 Å². The zero-order valence-electron chi connectivity index (χ0n) is 9.07. The van der Waals surface area contributed by atoms with Crippen molar-refractivity contribution in [2.75, 3.05) is 11.6 Å². The fourth-order valence-corrected chi connectivity index (χ4v) is 2.48. The van der Waals surface area contributed by atoms with Crippen LogP contribution >= 0.6 is 11.8 Å². The van der Waals surface area contributed by atoms with Crippen LogP contribution in [0.4, 0.5) is 5.69 Å². The van der Waals surface area contributed by atoms with E-state index in [9.17, 15) is 0 Å². The summed E-state index contributed by atoms with van der Waals surface area (Å²) in [6.07, 6.45) is 5.70. The lowest BCUT2D eigenvalue weighted by atomic mass is 10.2.